The first-order chi connectivity index (χ1) is 13.5. The Morgan fingerprint density at radius 3 is 2.54 bits per heavy atom. The fourth-order valence-corrected chi connectivity index (χ4v) is 3.25. The number of likely N-dealkylation sites (N-methyl/N-ethyl adjacent to an activating group) is 1. The zero-order valence-corrected chi connectivity index (χ0v) is 16.1. The van der Waals surface area contributed by atoms with Crippen LogP contribution >= 0.6 is 11.3 Å². The van der Waals surface area contributed by atoms with Gasteiger partial charge in [0.15, 0.2) is 5.13 Å². The molecule has 0 unspecified atom stereocenters. The third-order valence-corrected chi connectivity index (χ3v) is 4.88. The van der Waals surface area contributed by atoms with E-state index in [9.17, 15) is 9.59 Å². The van der Waals surface area contributed by atoms with E-state index in [4.69, 9.17) is 5.26 Å². The van der Waals surface area contributed by atoms with Gasteiger partial charge in [0.25, 0.3) is 5.91 Å². The second kappa shape index (κ2) is 8.93. The molecule has 0 saturated carbocycles. The van der Waals surface area contributed by atoms with Crippen molar-refractivity contribution >= 4 is 28.3 Å². The third-order valence-electron chi connectivity index (χ3n) is 4.07. The van der Waals surface area contributed by atoms with Crippen molar-refractivity contribution in [2.24, 2.45) is 0 Å². The number of thiazole rings is 1. The predicted molar refractivity (Wildman–Crippen MR) is 108 cm³/mol. The molecule has 6 nitrogen and oxygen atoms in total. The highest BCUT2D eigenvalue weighted by Gasteiger charge is 2.14. The maximum atomic E-state index is 12.4. The van der Waals surface area contributed by atoms with Gasteiger partial charge < -0.3 is 4.90 Å². The van der Waals surface area contributed by atoms with Gasteiger partial charge in [0.1, 0.15) is 0 Å². The highest BCUT2D eigenvalue weighted by molar-refractivity contribution is 7.14. The van der Waals surface area contributed by atoms with Gasteiger partial charge in [0, 0.05) is 24.5 Å². The molecular weight excluding hydrogens is 372 g/mol. The van der Waals surface area contributed by atoms with Gasteiger partial charge in [-0.1, -0.05) is 30.3 Å². The van der Waals surface area contributed by atoms with Crippen LogP contribution in [0.25, 0.3) is 0 Å². The summed E-state index contributed by atoms with van der Waals surface area (Å²) in [7, 11) is 1.73. The maximum Gasteiger partial charge on any atom is 0.257 e. The van der Waals surface area contributed by atoms with Gasteiger partial charge in [0.2, 0.25) is 5.91 Å². The fraction of sp³-hybridized carbons (Fsp3) is 0.143. The number of anilines is 1. The van der Waals surface area contributed by atoms with Crippen LogP contribution in [0.3, 0.4) is 0 Å². The number of carbonyl (C=O) groups excluding carboxylic acids is 2. The molecule has 0 saturated heterocycles. The largest absolute Gasteiger partial charge is 0.341 e. The summed E-state index contributed by atoms with van der Waals surface area (Å²) in [4.78, 5) is 30.6. The van der Waals surface area contributed by atoms with Crippen LogP contribution in [0.5, 0.6) is 0 Å². The summed E-state index contributed by atoms with van der Waals surface area (Å²) in [6.45, 7) is 0.451. The van der Waals surface area contributed by atoms with Crippen molar-refractivity contribution < 1.29 is 9.59 Å². The summed E-state index contributed by atoms with van der Waals surface area (Å²) in [6.07, 6.45) is 0.157. The number of aromatic nitrogens is 1. The van der Waals surface area contributed by atoms with E-state index in [1.165, 1.54) is 11.3 Å². The Labute approximate surface area is 167 Å². The molecule has 0 radical (unpaired) electrons. The average Bonchev–Trinajstić information content (AvgIpc) is 3.15. The van der Waals surface area contributed by atoms with Crippen molar-refractivity contribution in [2.75, 3.05) is 12.4 Å². The minimum absolute atomic E-state index is 0.0735. The van der Waals surface area contributed by atoms with Crippen LogP contribution < -0.4 is 5.32 Å². The molecule has 0 atom stereocenters. The van der Waals surface area contributed by atoms with Crippen LogP contribution in [-0.2, 0) is 17.8 Å². The summed E-state index contributed by atoms with van der Waals surface area (Å²) in [6, 6.07) is 18.1. The summed E-state index contributed by atoms with van der Waals surface area (Å²) in [5.74, 6) is -0.304. The lowest BCUT2D eigenvalue weighted by atomic mass is 10.1. The molecule has 1 aromatic heterocycles. The van der Waals surface area contributed by atoms with E-state index in [0.29, 0.717) is 28.5 Å². The van der Waals surface area contributed by atoms with Crippen LogP contribution in [0.1, 0.15) is 27.2 Å². The van der Waals surface area contributed by atoms with Crippen LogP contribution in [0.15, 0.2) is 60.0 Å². The standard InChI is InChI=1S/C21H18N4O2S/c1-25(13-16-9-7-15(12-22)8-10-16)19(26)11-18-14-28-21(23-18)24-20(27)17-5-3-2-4-6-17/h2-10,14H,11,13H2,1H3,(H,23,24,27). The Morgan fingerprint density at radius 1 is 1.14 bits per heavy atom. The Hall–Kier alpha value is -3.50. The van der Waals surface area contributed by atoms with Crippen molar-refractivity contribution in [3.63, 3.8) is 0 Å². The topological polar surface area (TPSA) is 86.1 Å². The first-order valence-electron chi connectivity index (χ1n) is 8.59. The van der Waals surface area contributed by atoms with Crippen LogP contribution in [0.2, 0.25) is 0 Å². The van der Waals surface area contributed by atoms with Gasteiger partial charge in [-0.05, 0) is 29.8 Å². The number of nitriles is 1. The van der Waals surface area contributed by atoms with Gasteiger partial charge in [-0.3, -0.25) is 14.9 Å². The van der Waals surface area contributed by atoms with E-state index in [0.717, 1.165) is 5.56 Å². The third kappa shape index (κ3) is 5.02. The number of hydrogen-bond acceptors (Lipinski definition) is 5. The molecule has 140 valence electrons. The number of benzene rings is 2. The highest BCUT2D eigenvalue weighted by Crippen LogP contribution is 2.18. The lowest BCUT2D eigenvalue weighted by molar-refractivity contribution is -0.129. The van der Waals surface area contributed by atoms with E-state index in [1.807, 2.05) is 18.2 Å². The molecule has 3 rings (SSSR count). The number of rotatable bonds is 6. The number of carbonyl (C=O) groups is 2. The van der Waals surface area contributed by atoms with Crippen molar-refractivity contribution in [3.8, 4) is 6.07 Å². The van der Waals surface area contributed by atoms with Gasteiger partial charge in [0.05, 0.1) is 23.7 Å². The predicted octanol–water partition coefficient (Wildman–Crippen LogP) is 3.47. The summed E-state index contributed by atoms with van der Waals surface area (Å²) in [5.41, 5.74) is 2.71. The van der Waals surface area contributed by atoms with E-state index in [-0.39, 0.29) is 18.2 Å². The molecule has 0 bridgehead atoms. The zero-order valence-electron chi connectivity index (χ0n) is 15.3. The minimum Gasteiger partial charge on any atom is -0.341 e. The number of nitrogens with zero attached hydrogens (tertiary/aromatic N) is 3. The van der Waals surface area contributed by atoms with Crippen molar-refractivity contribution in [1.29, 1.82) is 5.26 Å². The van der Waals surface area contributed by atoms with Crippen molar-refractivity contribution in [3.05, 3.63) is 82.4 Å². The molecular formula is C21H18N4O2S. The van der Waals surface area contributed by atoms with Crippen LogP contribution in [0, 0.1) is 11.3 Å². The molecule has 1 heterocycles. The second-order valence-electron chi connectivity index (χ2n) is 6.20. The zero-order chi connectivity index (χ0) is 19.9. The molecule has 0 aliphatic carbocycles. The van der Waals surface area contributed by atoms with Gasteiger partial charge in [-0.25, -0.2) is 4.98 Å². The van der Waals surface area contributed by atoms with Gasteiger partial charge in [-0.15, -0.1) is 11.3 Å². The number of amides is 2. The van der Waals surface area contributed by atoms with E-state index >= 15 is 0 Å². The SMILES string of the molecule is CN(Cc1ccc(C#N)cc1)C(=O)Cc1csc(NC(=O)c2ccccc2)n1. The van der Waals surface area contributed by atoms with Crippen LogP contribution in [-0.4, -0.2) is 28.7 Å². The lowest BCUT2D eigenvalue weighted by Gasteiger charge is -2.16. The smallest absolute Gasteiger partial charge is 0.257 e. The molecule has 2 amide bonds. The summed E-state index contributed by atoms with van der Waals surface area (Å²) in [5, 5.41) is 13.8. The Kier molecular flexibility index (Phi) is 6.14. The van der Waals surface area contributed by atoms with Gasteiger partial charge >= 0.3 is 0 Å². The Morgan fingerprint density at radius 2 is 1.86 bits per heavy atom. The van der Waals surface area contributed by atoms with Crippen molar-refractivity contribution in [2.45, 2.75) is 13.0 Å². The molecule has 7 heteroatoms. The molecule has 1 N–H and O–H groups in total. The van der Waals surface area contributed by atoms with Crippen molar-refractivity contribution in [1.82, 2.24) is 9.88 Å². The summed E-state index contributed by atoms with van der Waals surface area (Å²) < 4.78 is 0. The molecule has 3 aromatic rings. The normalized spacial score (nSPS) is 10.1. The lowest BCUT2D eigenvalue weighted by Crippen LogP contribution is -2.27. The minimum atomic E-state index is -0.231. The monoisotopic (exact) mass is 390 g/mol. The molecule has 28 heavy (non-hydrogen) atoms. The number of hydrogen-bond donors (Lipinski definition) is 1. The Bertz CT molecular complexity index is 1010. The summed E-state index contributed by atoms with van der Waals surface area (Å²) >= 11 is 1.29. The molecule has 2 aromatic carbocycles. The van der Waals surface area contributed by atoms with Crippen LogP contribution in [0.4, 0.5) is 5.13 Å². The Balaban J connectivity index is 1.55. The average molecular weight is 390 g/mol. The van der Waals surface area contributed by atoms with E-state index < -0.39 is 0 Å². The maximum absolute atomic E-state index is 12.4. The van der Waals surface area contributed by atoms with E-state index in [2.05, 4.69) is 16.4 Å². The first kappa shape index (κ1) is 19.3. The molecule has 0 spiro atoms. The van der Waals surface area contributed by atoms with Gasteiger partial charge in [-0.2, -0.15) is 5.26 Å². The molecule has 0 fully saturated rings. The molecule has 0 aliphatic rings. The second-order valence-corrected chi connectivity index (χ2v) is 7.06. The fourth-order valence-electron chi connectivity index (χ4n) is 2.54. The quantitative estimate of drug-likeness (QED) is 0.698. The molecule has 0 aliphatic heterocycles. The highest BCUT2D eigenvalue weighted by atomic mass is 32.1. The number of nitrogens with one attached hydrogen (secondary N) is 1. The first-order valence-corrected chi connectivity index (χ1v) is 9.47. The van der Waals surface area contributed by atoms with E-state index in [1.54, 1.807) is 53.7 Å².